The van der Waals surface area contributed by atoms with Gasteiger partial charge in [-0.1, -0.05) is 59.1 Å². The normalized spacial score (nSPS) is 11.0. The molecule has 9 heteroatoms. The molecule has 4 rings (SSSR count). The summed E-state index contributed by atoms with van der Waals surface area (Å²) in [5.74, 6) is -0.469. The Balaban J connectivity index is 1.75. The molecule has 6 nitrogen and oxygen atoms in total. The second-order valence-corrected chi connectivity index (χ2v) is 8.42. The number of hydrogen-bond donors (Lipinski definition) is 1. The van der Waals surface area contributed by atoms with Crippen molar-refractivity contribution in [1.82, 2.24) is 9.13 Å². The van der Waals surface area contributed by atoms with Gasteiger partial charge < -0.3 is 5.32 Å². The number of aromatic nitrogens is 2. The first kappa shape index (κ1) is 22.1. The number of nitrogens with one attached hydrogen (secondary N) is 1. The summed E-state index contributed by atoms with van der Waals surface area (Å²) in [7, 11) is 0. The molecule has 0 aliphatic rings. The van der Waals surface area contributed by atoms with E-state index in [0.29, 0.717) is 37.2 Å². The molecule has 3 aromatic carbocycles. The van der Waals surface area contributed by atoms with Crippen molar-refractivity contribution < 1.29 is 4.79 Å². The molecule has 0 radical (unpaired) electrons. The monoisotopic (exact) mass is 487 g/mol. The number of halogens is 3. The van der Waals surface area contributed by atoms with Crippen molar-refractivity contribution in [3.05, 3.63) is 108 Å². The van der Waals surface area contributed by atoms with Crippen LogP contribution < -0.4 is 16.6 Å². The van der Waals surface area contributed by atoms with E-state index in [1.807, 2.05) is 0 Å². The molecule has 0 fully saturated rings. The van der Waals surface area contributed by atoms with Gasteiger partial charge >= 0.3 is 5.69 Å². The van der Waals surface area contributed by atoms with Crippen LogP contribution in [0.4, 0.5) is 5.69 Å². The largest absolute Gasteiger partial charge is 0.332 e. The van der Waals surface area contributed by atoms with E-state index in [2.05, 4.69) is 5.32 Å². The number of rotatable bonds is 5. The minimum atomic E-state index is -0.604. The van der Waals surface area contributed by atoms with E-state index >= 15 is 0 Å². The number of amides is 1. The molecule has 0 atom stereocenters. The predicted octanol–water partition coefficient (Wildman–Crippen LogP) is 4.81. The van der Waals surface area contributed by atoms with Crippen molar-refractivity contribution in [3.8, 4) is 0 Å². The first-order valence-electron chi connectivity index (χ1n) is 9.54. The lowest BCUT2D eigenvalue weighted by Crippen LogP contribution is -2.42. The van der Waals surface area contributed by atoms with E-state index < -0.39 is 17.2 Å². The average Bonchev–Trinajstić information content (AvgIpc) is 2.73. The van der Waals surface area contributed by atoms with Crippen LogP contribution in [-0.2, 0) is 17.9 Å². The van der Waals surface area contributed by atoms with E-state index in [4.69, 9.17) is 34.8 Å². The molecule has 162 valence electrons. The Hall–Kier alpha value is -3.06. The summed E-state index contributed by atoms with van der Waals surface area (Å²) in [5.41, 5.74) is 0.412. The molecular formula is C23H16Cl3N3O3. The Bertz CT molecular complexity index is 1440. The van der Waals surface area contributed by atoms with Crippen molar-refractivity contribution >= 4 is 57.3 Å². The van der Waals surface area contributed by atoms with Gasteiger partial charge in [0.15, 0.2) is 0 Å². The smallest absolute Gasteiger partial charge is 0.324 e. The minimum Gasteiger partial charge on any atom is -0.324 e. The molecule has 1 N–H and O–H groups in total. The quantitative estimate of drug-likeness (QED) is 0.438. The van der Waals surface area contributed by atoms with Crippen molar-refractivity contribution in [2.45, 2.75) is 13.1 Å². The molecule has 0 aliphatic carbocycles. The van der Waals surface area contributed by atoms with E-state index in [9.17, 15) is 14.4 Å². The summed E-state index contributed by atoms with van der Waals surface area (Å²) in [5, 5.41) is 4.24. The van der Waals surface area contributed by atoms with Gasteiger partial charge in [-0.25, -0.2) is 4.79 Å². The zero-order valence-electron chi connectivity index (χ0n) is 16.5. The maximum Gasteiger partial charge on any atom is 0.332 e. The molecular weight excluding hydrogens is 473 g/mol. The highest BCUT2D eigenvalue weighted by Crippen LogP contribution is 2.22. The molecule has 0 saturated heterocycles. The number of carbonyl (C=O) groups excluding carboxylic acids is 1. The topological polar surface area (TPSA) is 73.1 Å². The molecule has 1 aromatic heterocycles. The molecule has 0 unspecified atom stereocenters. The van der Waals surface area contributed by atoms with Crippen molar-refractivity contribution in [3.63, 3.8) is 0 Å². The van der Waals surface area contributed by atoms with Crippen LogP contribution in [0, 0.1) is 0 Å². The Morgan fingerprint density at radius 1 is 0.812 bits per heavy atom. The SMILES string of the molecule is O=C(Cn1c(=O)n(Cc2cccc(Cl)c2)c(=O)c2ccccc21)Nc1cc(Cl)cc(Cl)c1. The molecule has 32 heavy (non-hydrogen) atoms. The zero-order valence-corrected chi connectivity index (χ0v) is 18.8. The van der Waals surface area contributed by atoms with Crippen LogP contribution in [0.1, 0.15) is 5.56 Å². The zero-order chi connectivity index (χ0) is 22.8. The molecule has 0 aliphatic heterocycles. The van der Waals surface area contributed by atoms with Crippen molar-refractivity contribution in [1.29, 1.82) is 0 Å². The summed E-state index contributed by atoms with van der Waals surface area (Å²) in [6, 6.07) is 18.2. The van der Waals surface area contributed by atoms with Gasteiger partial charge in [-0.15, -0.1) is 0 Å². The Morgan fingerprint density at radius 3 is 2.25 bits per heavy atom. The number of para-hydroxylation sites is 1. The van der Waals surface area contributed by atoms with Gasteiger partial charge in [-0.05, 0) is 48.0 Å². The molecule has 1 heterocycles. The first-order valence-corrected chi connectivity index (χ1v) is 10.7. The molecule has 1 amide bonds. The van der Waals surface area contributed by atoms with Gasteiger partial charge in [0.1, 0.15) is 6.54 Å². The number of anilines is 1. The first-order chi connectivity index (χ1) is 15.3. The maximum absolute atomic E-state index is 13.3. The Kier molecular flexibility index (Phi) is 6.37. The summed E-state index contributed by atoms with van der Waals surface area (Å²) in [4.78, 5) is 39.0. The highest BCUT2D eigenvalue weighted by Gasteiger charge is 2.16. The van der Waals surface area contributed by atoms with Crippen molar-refractivity contribution in [2.24, 2.45) is 0 Å². The highest BCUT2D eigenvalue weighted by molar-refractivity contribution is 6.35. The van der Waals surface area contributed by atoms with Crippen molar-refractivity contribution in [2.75, 3.05) is 5.32 Å². The third-order valence-electron chi connectivity index (χ3n) is 4.81. The van der Waals surface area contributed by atoms with Crippen LogP contribution in [0.2, 0.25) is 15.1 Å². The van der Waals surface area contributed by atoms with Crippen LogP contribution >= 0.6 is 34.8 Å². The maximum atomic E-state index is 13.3. The second-order valence-electron chi connectivity index (χ2n) is 7.11. The number of benzene rings is 3. The fraction of sp³-hybridized carbons (Fsp3) is 0.0870. The van der Waals surface area contributed by atoms with Gasteiger partial charge in [-0.3, -0.25) is 18.7 Å². The van der Waals surface area contributed by atoms with Crippen LogP contribution in [0.15, 0.2) is 76.3 Å². The van der Waals surface area contributed by atoms with E-state index in [1.54, 1.807) is 66.7 Å². The van der Waals surface area contributed by atoms with E-state index in [1.165, 1.54) is 4.57 Å². The summed E-state index contributed by atoms with van der Waals surface area (Å²) < 4.78 is 2.36. The van der Waals surface area contributed by atoms with Crippen LogP contribution in [0.25, 0.3) is 10.9 Å². The minimum absolute atomic E-state index is 0.0224. The molecule has 4 aromatic rings. The van der Waals surface area contributed by atoms with Crippen LogP contribution in [0.3, 0.4) is 0 Å². The average molecular weight is 489 g/mol. The molecule has 0 spiro atoms. The number of fused-ring (bicyclic) bond motifs is 1. The third-order valence-corrected chi connectivity index (χ3v) is 5.48. The highest BCUT2D eigenvalue weighted by atomic mass is 35.5. The van der Waals surface area contributed by atoms with Crippen LogP contribution in [-0.4, -0.2) is 15.0 Å². The van der Waals surface area contributed by atoms with Gasteiger partial charge in [0.05, 0.1) is 17.4 Å². The second kappa shape index (κ2) is 9.20. The predicted molar refractivity (Wildman–Crippen MR) is 128 cm³/mol. The lowest BCUT2D eigenvalue weighted by atomic mass is 10.2. The van der Waals surface area contributed by atoms with E-state index in [-0.39, 0.29) is 13.1 Å². The van der Waals surface area contributed by atoms with Gasteiger partial charge in [0.2, 0.25) is 5.91 Å². The standard InChI is InChI=1S/C23H16Cl3N3O3/c24-15-5-3-4-14(8-15)12-29-22(31)19-6-1-2-7-20(19)28(23(29)32)13-21(30)27-18-10-16(25)9-17(26)11-18/h1-11H,12-13H2,(H,27,30). The summed E-state index contributed by atoms with van der Waals surface area (Å²) in [6.45, 7) is -0.284. The Labute approximate surface area is 197 Å². The van der Waals surface area contributed by atoms with Gasteiger partial charge in [0.25, 0.3) is 5.56 Å². The van der Waals surface area contributed by atoms with Gasteiger partial charge in [0, 0.05) is 20.8 Å². The molecule has 0 saturated carbocycles. The number of carbonyl (C=O) groups is 1. The fourth-order valence-corrected chi connectivity index (χ4v) is 4.19. The van der Waals surface area contributed by atoms with E-state index in [0.717, 1.165) is 4.57 Å². The fourth-order valence-electron chi connectivity index (χ4n) is 3.45. The summed E-state index contributed by atoms with van der Waals surface area (Å²) >= 11 is 18.0. The number of hydrogen-bond acceptors (Lipinski definition) is 3. The lowest BCUT2D eigenvalue weighted by Gasteiger charge is -2.14. The lowest BCUT2D eigenvalue weighted by molar-refractivity contribution is -0.116. The Morgan fingerprint density at radius 2 is 1.53 bits per heavy atom. The third kappa shape index (κ3) is 4.72. The molecule has 0 bridgehead atoms. The van der Waals surface area contributed by atoms with Gasteiger partial charge in [-0.2, -0.15) is 0 Å². The van der Waals surface area contributed by atoms with Crippen LogP contribution in [0.5, 0.6) is 0 Å². The summed E-state index contributed by atoms with van der Waals surface area (Å²) in [6.07, 6.45) is 0. The number of nitrogens with zero attached hydrogens (tertiary/aromatic N) is 2.